The van der Waals surface area contributed by atoms with Crippen molar-refractivity contribution in [3.05, 3.63) is 23.3 Å². The van der Waals surface area contributed by atoms with Crippen molar-refractivity contribution in [3.63, 3.8) is 0 Å². The van der Waals surface area contributed by atoms with E-state index in [1.807, 2.05) is 4.90 Å². The van der Waals surface area contributed by atoms with Crippen molar-refractivity contribution in [1.29, 1.82) is 0 Å². The van der Waals surface area contributed by atoms with Crippen LogP contribution in [0.3, 0.4) is 0 Å². The molecule has 1 saturated heterocycles. The van der Waals surface area contributed by atoms with Gasteiger partial charge >= 0.3 is 0 Å². The molecule has 3 aliphatic heterocycles. The first-order chi connectivity index (χ1) is 9.33. The molecule has 0 spiro atoms. The quantitative estimate of drug-likeness (QED) is 0.813. The summed E-state index contributed by atoms with van der Waals surface area (Å²) in [5.41, 5.74) is 5.17. The molecule has 100 valence electrons. The molecule has 0 aliphatic carbocycles. The van der Waals surface area contributed by atoms with Crippen LogP contribution in [0, 0.1) is 0 Å². The summed E-state index contributed by atoms with van der Waals surface area (Å²) in [5, 5.41) is 3.39. The molecule has 1 aromatic rings. The van der Waals surface area contributed by atoms with E-state index in [0.717, 1.165) is 45.6 Å². The SMILES string of the molecule is O=C1Cc2cc(N3CCNCC3)cc3c2N1CCC3. The number of hydrogen-bond acceptors (Lipinski definition) is 3. The van der Waals surface area contributed by atoms with Gasteiger partial charge in [0.15, 0.2) is 0 Å². The van der Waals surface area contributed by atoms with Crippen LogP contribution in [-0.4, -0.2) is 38.6 Å². The third kappa shape index (κ3) is 1.74. The predicted molar refractivity (Wildman–Crippen MR) is 75.9 cm³/mol. The summed E-state index contributed by atoms with van der Waals surface area (Å²) in [6.45, 7) is 5.15. The van der Waals surface area contributed by atoms with Gasteiger partial charge in [-0.3, -0.25) is 4.79 Å². The second-order valence-electron chi connectivity index (χ2n) is 5.68. The molecule has 0 saturated carbocycles. The predicted octanol–water partition coefficient (Wildman–Crippen LogP) is 0.931. The van der Waals surface area contributed by atoms with Crippen molar-refractivity contribution in [3.8, 4) is 0 Å². The number of piperazine rings is 1. The van der Waals surface area contributed by atoms with Crippen molar-refractivity contribution < 1.29 is 4.79 Å². The minimum atomic E-state index is 0.286. The van der Waals surface area contributed by atoms with Crippen LogP contribution < -0.4 is 15.1 Å². The fourth-order valence-electron chi connectivity index (χ4n) is 3.57. The van der Waals surface area contributed by atoms with Gasteiger partial charge in [-0.05, 0) is 36.1 Å². The molecule has 1 aromatic carbocycles. The Morgan fingerprint density at radius 1 is 1.05 bits per heavy atom. The third-order valence-electron chi connectivity index (χ3n) is 4.48. The van der Waals surface area contributed by atoms with Crippen molar-refractivity contribution in [2.75, 3.05) is 42.5 Å². The van der Waals surface area contributed by atoms with Gasteiger partial charge in [0, 0.05) is 38.4 Å². The lowest BCUT2D eigenvalue weighted by Crippen LogP contribution is -2.43. The molecule has 4 rings (SSSR count). The lowest BCUT2D eigenvalue weighted by molar-refractivity contribution is -0.117. The molecule has 1 N–H and O–H groups in total. The maximum atomic E-state index is 12.0. The molecule has 0 aromatic heterocycles. The first kappa shape index (κ1) is 11.3. The topological polar surface area (TPSA) is 35.6 Å². The van der Waals surface area contributed by atoms with Gasteiger partial charge in [0.25, 0.3) is 0 Å². The first-order valence-electron chi connectivity index (χ1n) is 7.25. The Morgan fingerprint density at radius 3 is 2.68 bits per heavy atom. The third-order valence-corrected chi connectivity index (χ3v) is 4.48. The van der Waals surface area contributed by atoms with Crippen molar-refractivity contribution >= 4 is 17.3 Å². The molecule has 1 fully saturated rings. The highest BCUT2D eigenvalue weighted by molar-refractivity contribution is 6.03. The number of aryl methyl sites for hydroxylation is 1. The van der Waals surface area contributed by atoms with E-state index >= 15 is 0 Å². The molecular weight excluding hydrogens is 238 g/mol. The maximum absolute atomic E-state index is 12.0. The van der Waals surface area contributed by atoms with Crippen LogP contribution in [0.1, 0.15) is 17.5 Å². The highest BCUT2D eigenvalue weighted by Crippen LogP contribution is 2.39. The second kappa shape index (κ2) is 4.23. The molecule has 0 bridgehead atoms. The lowest BCUT2D eigenvalue weighted by atomic mass is 9.98. The molecular formula is C15H19N3O. The summed E-state index contributed by atoms with van der Waals surface area (Å²) in [4.78, 5) is 16.5. The Kier molecular flexibility index (Phi) is 2.52. The van der Waals surface area contributed by atoms with E-state index in [4.69, 9.17) is 0 Å². The average Bonchev–Trinajstić information content (AvgIpc) is 2.78. The van der Waals surface area contributed by atoms with E-state index in [2.05, 4.69) is 22.3 Å². The molecule has 3 heterocycles. The van der Waals surface area contributed by atoms with Crippen LogP contribution in [-0.2, 0) is 17.6 Å². The van der Waals surface area contributed by atoms with Gasteiger partial charge < -0.3 is 15.1 Å². The normalized spacial score (nSPS) is 21.8. The number of anilines is 2. The monoisotopic (exact) mass is 257 g/mol. The minimum absolute atomic E-state index is 0.286. The standard InChI is InChI=1S/C15H19N3O/c19-14-10-12-9-13(17-6-3-16-4-7-17)8-11-2-1-5-18(14)15(11)12/h8-9,16H,1-7,10H2. The molecule has 19 heavy (non-hydrogen) atoms. The molecule has 3 aliphatic rings. The minimum Gasteiger partial charge on any atom is -0.369 e. The number of benzene rings is 1. The van der Waals surface area contributed by atoms with Gasteiger partial charge in [0.1, 0.15) is 0 Å². The largest absolute Gasteiger partial charge is 0.369 e. The van der Waals surface area contributed by atoms with Crippen molar-refractivity contribution in [2.45, 2.75) is 19.3 Å². The van der Waals surface area contributed by atoms with Gasteiger partial charge in [-0.15, -0.1) is 0 Å². The Morgan fingerprint density at radius 2 is 1.84 bits per heavy atom. The van der Waals surface area contributed by atoms with Gasteiger partial charge in [0.05, 0.1) is 12.1 Å². The smallest absolute Gasteiger partial charge is 0.231 e. The van der Waals surface area contributed by atoms with E-state index in [-0.39, 0.29) is 5.91 Å². The van der Waals surface area contributed by atoms with Gasteiger partial charge in [0.2, 0.25) is 5.91 Å². The molecule has 0 radical (unpaired) electrons. The van der Waals surface area contributed by atoms with Crippen LogP contribution >= 0.6 is 0 Å². The van der Waals surface area contributed by atoms with Crippen molar-refractivity contribution in [1.82, 2.24) is 5.32 Å². The maximum Gasteiger partial charge on any atom is 0.231 e. The van der Waals surface area contributed by atoms with Crippen LogP contribution in [0.15, 0.2) is 12.1 Å². The number of hydrogen-bond donors (Lipinski definition) is 1. The number of carbonyl (C=O) groups excluding carboxylic acids is 1. The second-order valence-corrected chi connectivity index (χ2v) is 5.68. The number of rotatable bonds is 1. The highest BCUT2D eigenvalue weighted by Gasteiger charge is 2.32. The summed E-state index contributed by atoms with van der Waals surface area (Å²) < 4.78 is 0. The average molecular weight is 257 g/mol. The van der Waals surface area contributed by atoms with Gasteiger partial charge in [-0.25, -0.2) is 0 Å². The molecule has 4 heteroatoms. The van der Waals surface area contributed by atoms with E-state index in [0.29, 0.717) is 6.42 Å². The number of amides is 1. The van der Waals surface area contributed by atoms with Crippen LogP contribution in [0.2, 0.25) is 0 Å². The van der Waals surface area contributed by atoms with Gasteiger partial charge in [-0.2, -0.15) is 0 Å². The molecule has 0 unspecified atom stereocenters. The summed E-state index contributed by atoms with van der Waals surface area (Å²) in [7, 11) is 0. The van der Waals surface area contributed by atoms with Crippen molar-refractivity contribution in [2.24, 2.45) is 0 Å². The Labute approximate surface area is 113 Å². The lowest BCUT2D eigenvalue weighted by Gasteiger charge is -2.32. The van der Waals surface area contributed by atoms with E-state index in [1.165, 1.54) is 22.5 Å². The van der Waals surface area contributed by atoms with E-state index in [9.17, 15) is 4.79 Å². The fraction of sp³-hybridized carbons (Fsp3) is 0.533. The molecule has 1 amide bonds. The first-order valence-corrected chi connectivity index (χ1v) is 7.25. The van der Waals surface area contributed by atoms with Gasteiger partial charge in [-0.1, -0.05) is 0 Å². The highest BCUT2D eigenvalue weighted by atomic mass is 16.2. The summed E-state index contributed by atoms with van der Waals surface area (Å²) in [6, 6.07) is 4.56. The van der Waals surface area contributed by atoms with Crippen LogP contribution in [0.5, 0.6) is 0 Å². The van der Waals surface area contributed by atoms with Crippen LogP contribution in [0.4, 0.5) is 11.4 Å². The summed E-state index contributed by atoms with van der Waals surface area (Å²) in [6.07, 6.45) is 2.82. The zero-order chi connectivity index (χ0) is 12.8. The fourth-order valence-corrected chi connectivity index (χ4v) is 3.57. The van der Waals surface area contributed by atoms with E-state index < -0.39 is 0 Å². The zero-order valence-electron chi connectivity index (χ0n) is 11.1. The summed E-state index contributed by atoms with van der Waals surface area (Å²) >= 11 is 0. The Bertz CT molecular complexity index is 534. The number of nitrogens with one attached hydrogen (secondary N) is 1. The van der Waals surface area contributed by atoms with E-state index in [1.54, 1.807) is 0 Å². The molecule has 0 atom stereocenters. The zero-order valence-corrected chi connectivity index (χ0v) is 11.1. The van der Waals surface area contributed by atoms with Crippen LogP contribution in [0.25, 0.3) is 0 Å². The number of nitrogens with zero attached hydrogens (tertiary/aromatic N) is 2. The Balaban J connectivity index is 1.76. The molecule has 4 nitrogen and oxygen atoms in total. The Hall–Kier alpha value is -1.55. The summed E-state index contributed by atoms with van der Waals surface area (Å²) in [5.74, 6) is 0.286. The number of carbonyl (C=O) groups is 1.